The Labute approximate surface area is 148 Å². The number of carbonyl (C=O) groups is 1. The first-order valence-electron chi connectivity index (χ1n) is 7.64. The van der Waals surface area contributed by atoms with Crippen LogP contribution in [0.1, 0.15) is 18.7 Å². The molecule has 0 spiro atoms. The van der Waals surface area contributed by atoms with Crippen molar-refractivity contribution < 1.29 is 4.79 Å². The SMILES string of the molecule is CCn1c(SCC(=O)NN=C(C)c2cccs2)nc2ccccc21. The molecule has 0 saturated carbocycles. The fraction of sp³-hybridized carbons (Fsp3) is 0.235. The Balaban J connectivity index is 1.63. The van der Waals surface area contributed by atoms with Crippen molar-refractivity contribution in [1.29, 1.82) is 0 Å². The molecule has 3 aromatic rings. The van der Waals surface area contributed by atoms with Gasteiger partial charge in [-0.05, 0) is 37.4 Å². The van der Waals surface area contributed by atoms with Crippen LogP contribution in [0, 0.1) is 0 Å². The van der Waals surface area contributed by atoms with Crippen molar-refractivity contribution in [3.8, 4) is 0 Å². The number of thiophene rings is 1. The highest BCUT2D eigenvalue weighted by molar-refractivity contribution is 7.99. The number of fused-ring (bicyclic) bond motifs is 1. The van der Waals surface area contributed by atoms with E-state index in [9.17, 15) is 4.79 Å². The second-order valence-electron chi connectivity index (χ2n) is 5.13. The van der Waals surface area contributed by atoms with E-state index in [1.54, 1.807) is 11.3 Å². The van der Waals surface area contributed by atoms with Gasteiger partial charge in [-0.25, -0.2) is 10.4 Å². The number of thioether (sulfide) groups is 1. The smallest absolute Gasteiger partial charge is 0.250 e. The molecule has 0 atom stereocenters. The Kier molecular flexibility index (Phi) is 5.32. The van der Waals surface area contributed by atoms with Crippen LogP contribution in [0.2, 0.25) is 0 Å². The first-order valence-corrected chi connectivity index (χ1v) is 9.50. The predicted octanol–water partition coefficient (Wildman–Crippen LogP) is 3.75. The Morgan fingerprint density at radius 3 is 2.92 bits per heavy atom. The lowest BCUT2D eigenvalue weighted by Gasteiger charge is -2.05. The molecule has 0 saturated heterocycles. The highest BCUT2D eigenvalue weighted by Crippen LogP contribution is 2.23. The predicted molar refractivity (Wildman–Crippen MR) is 101 cm³/mol. The third-order valence-corrected chi connectivity index (χ3v) is 5.45. The lowest BCUT2D eigenvalue weighted by molar-refractivity contribution is -0.118. The maximum atomic E-state index is 12.0. The summed E-state index contributed by atoms with van der Waals surface area (Å²) < 4.78 is 2.12. The Morgan fingerprint density at radius 2 is 2.17 bits per heavy atom. The molecule has 0 aliphatic carbocycles. The van der Waals surface area contributed by atoms with Gasteiger partial charge in [0.1, 0.15) is 0 Å². The lowest BCUT2D eigenvalue weighted by Crippen LogP contribution is -2.21. The second-order valence-corrected chi connectivity index (χ2v) is 7.02. The second kappa shape index (κ2) is 7.63. The standard InChI is InChI=1S/C17H18N4OS2/c1-3-21-14-8-5-4-7-13(14)18-17(21)24-11-16(22)20-19-12(2)15-9-6-10-23-15/h4-10H,3,11H2,1-2H3,(H,20,22). The Bertz CT molecular complexity index is 868. The lowest BCUT2D eigenvalue weighted by atomic mass is 10.3. The molecule has 0 radical (unpaired) electrons. The minimum absolute atomic E-state index is 0.134. The van der Waals surface area contributed by atoms with Crippen LogP contribution in [0.25, 0.3) is 11.0 Å². The molecule has 7 heteroatoms. The van der Waals surface area contributed by atoms with E-state index in [2.05, 4.69) is 27.0 Å². The van der Waals surface area contributed by atoms with Crippen molar-refractivity contribution in [1.82, 2.24) is 15.0 Å². The first-order chi connectivity index (χ1) is 11.7. The van der Waals surface area contributed by atoms with Crippen LogP contribution < -0.4 is 5.43 Å². The number of imidazole rings is 1. The van der Waals surface area contributed by atoms with E-state index in [1.165, 1.54) is 11.8 Å². The molecule has 0 fully saturated rings. The fourth-order valence-corrected chi connectivity index (χ4v) is 3.87. The number of hydrogen-bond acceptors (Lipinski definition) is 5. The maximum absolute atomic E-state index is 12.0. The van der Waals surface area contributed by atoms with Gasteiger partial charge in [0, 0.05) is 11.4 Å². The van der Waals surface area contributed by atoms with Crippen molar-refractivity contribution in [3.05, 3.63) is 46.7 Å². The average Bonchev–Trinajstić information content (AvgIpc) is 3.24. The van der Waals surface area contributed by atoms with Gasteiger partial charge >= 0.3 is 0 Å². The quantitative estimate of drug-likeness (QED) is 0.415. The van der Waals surface area contributed by atoms with Gasteiger partial charge in [-0.15, -0.1) is 11.3 Å². The Hall–Kier alpha value is -2.12. The highest BCUT2D eigenvalue weighted by Gasteiger charge is 2.11. The van der Waals surface area contributed by atoms with Crippen LogP contribution in [0.3, 0.4) is 0 Å². The maximum Gasteiger partial charge on any atom is 0.250 e. The van der Waals surface area contributed by atoms with E-state index in [0.717, 1.165) is 33.3 Å². The van der Waals surface area contributed by atoms with Gasteiger partial charge in [-0.2, -0.15) is 5.10 Å². The summed E-state index contributed by atoms with van der Waals surface area (Å²) in [4.78, 5) is 17.7. The molecule has 2 aromatic heterocycles. The number of rotatable bonds is 6. The van der Waals surface area contributed by atoms with Crippen molar-refractivity contribution >= 4 is 45.8 Å². The van der Waals surface area contributed by atoms with E-state index in [-0.39, 0.29) is 11.7 Å². The number of carbonyl (C=O) groups excluding carboxylic acids is 1. The molecule has 1 amide bonds. The summed E-state index contributed by atoms with van der Waals surface area (Å²) in [6, 6.07) is 11.9. The van der Waals surface area contributed by atoms with E-state index in [0.29, 0.717) is 0 Å². The van der Waals surface area contributed by atoms with Crippen molar-refractivity contribution in [2.45, 2.75) is 25.5 Å². The molecule has 5 nitrogen and oxygen atoms in total. The molecule has 0 aliphatic heterocycles. The summed E-state index contributed by atoms with van der Waals surface area (Å²) in [5.41, 5.74) is 5.46. The van der Waals surface area contributed by atoms with Crippen LogP contribution in [0.15, 0.2) is 52.0 Å². The van der Waals surface area contributed by atoms with Gasteiger partial charge in [-0.3, -0.25) is 4.79 Å². The number of hydrazone groups is 1. The van der Waals surface area contributed by atoms with Gasteiger partial charge in [-0.1, -0.05) is 30.0 Å². The van der Waals surface area contributed by atoms with Crippen LogP contribution >= 0.6 is 23.1 Å². The monoisotopic (exact) mass is 358 g/mol. The number of aryl methyl sites for hydroxylation is 1. The zero-order valence-electron chi connectivity index (χ0n) is 13.5. The summed E-state index contributed by atoms with van der Waals surface area (Å²) in [6.45, 7) is 4.78. The van der Waals surface area contributed by atoms with E-state index in [4.69, 9.17) is 0 Å². The number of nitrogens with one attached hydrogen (secondary N) is 1. The van der Waals surface area contributed by atoms with Gasteiger partial charge in [0.2, 0.25) is 0 Å². The van der Waals surface area contributed by atoms with Crippen LogP contribution in [-0.4, -0.2) is 26.9 Å². The van der Waals surface area contributed by atoms with E-state index < -0.39 is 0 Å². The molecular weight excluding hydrogens is 340 g/mol. The number of amides is 1. The number of para-hydroxylation sites is 2. The van der Waals surface area contributed by atoms with E-state index >= 15 is 0 Å². The molecule has 124 valence electrons. The largest absolute Gasteiger partial charge is 0.319 e. The highest BCUT2D eigenvalue weighted by atomic mass is 32.2. The molecule has 24 heavy (non-hydrogen) atoms. The third kappa shape index (κ3) is 3.68. The van der Waals surface area contributed by atoms with Gasteiger partial charge in [0.25, 0.3) is 5.91 Å². The molecule has 3 rings (SSSR count). The van der Waals surface area contributed by atoms with Gasteiger partial charge in [0.05, 0.1) is 22.5 Å². The number of aromatic nitrogens is 2. The number of nitrogens with zero attached hydrogens (tertiary/aromatic N) is 3. The molecule has 1 aromatic carbocycles. The number of benzene rings is 1. The normalized spacial score (nSPS) is 11.8. The molecular formula is C17H18N4OS2. The summed E-state index contributed by atoms with van der Waals surface area (Å²) in [5, 5.41) is 6.99. The minimum atomic E-state index is -0.134. The van der Waals surface area contributed by atoms with Crippen LogP contribution in [0.4, 0.5) is 0 Å². The molecule has 2 heterocycles. The molecule has 0 bridgehead atoms. The van der Waals surface area contributed by atoms with Gasteiger partial charge in [0.15, 0.2) is 5.16 Å². The molecule has 1 N–H and O–H groups in total. The van der Waals surface area contributed by atoms with Crippen LogP contribution in [0.5, 0.6) is 0 Å². The topological polar surface area (TPSA) is 59.3 Å². The summed E-state index contributed by atoms with van der Waals surface area (Å²) in [5.74, 6) is 0.149. The third-order valence-electron chi connectivity index (χ3n) is 3.49. The van der Waals surface area contributed by atoms with Crippen LogP contribution in [-0.2, 0) is 11.3 Å². The zero-order chi connectivity index (χ0) is 16.9. The fourth-order valence-electron chi connectivity index (χ4n) is 2.32. The summed E-state index contributed by atoms with van der Waals surface area (Å²) >= 11 is 3.03. The minimum Gasteiger partial charge on any atom is -0.319 e. The zero-order valence-corrected chi connectivity index (χ0v) is 15.2. The van der Waals surface area contributed by atoms with Gasteiger partial charge < -0.3 is 4.57 Å². The summed E-state index contributed by atoms with van der Waals surface area (Å²) in [6.07, 6.45) is 0. The summed E-state index contributed by atoms with van der Waals surface area (Å²) in [7, 11) is 0. The Morgan fingerprint density at radius 1 is 1.33 bits per heavy atom. The average molecular weight is 358 g/mol. The first kappa shape index (κ1) is 16.7. The van der Waals surface area contributed by atoms with E-state index in [1.807, 2.05) is 48.7 Å². The molecule has 0 aliphatic rings. The molecule has 0 unspecified atom stereocenters. The van der Waals surface area contributed by atoms with Crippen molar-refractivity contribution in [2.75, 3.05) is 5.75 Å². The number of hydrogen-bond donors (Lipinski definition) is 1. The van der Waals surface area contributed by atoms with Crippen molar-refractivity contribution in [3.63, 3.8) is 0 Å². The van der Waals surface area contributed by atoms with Crippen molar-refractivity contribution in [2.24, 2.45) is 5.10 Å².